The van der Waals surface area contributed by atoms with Crippen LogP contribution in [-0.4, -0.2) is 24.7 Å². The predicted molar refractivity (Wildman–Crippen MR) is 85.0 cm³/mol. The van der Waals surface area contributed by atoms with Crippen molar-refractivity contribution in [3.8, 4) is 23.8 Å². The molecule has 1 saturated carbocycles. The van der Waals surface area contributed by atoms with Gasteiger partial charge < -0.3 is 14.0 Å². The number of nitrogens with zero attached hydrogens (tertiary/aromatic N) is 2. The molecule has 1 aromatic heterocycles. The summed E-state index contributed by atoms with van der Waals surface area (Å²) < 4.78 is 13.5. The average Bonchev–Trinajstić information content (AvgIpc) is 3.32. The van der Waals surface area contributed by atoms with E-state index in [9.17, 15) is 4.79 Å². The number of thiazole rings is 1. The smallest absolute Gasteiger partial charge is 0.251 e. The van der Waals surface area contributed by atoms with Gasteiger partial charge in [-0.15, -0.1) is 6.42 Å². The minimum absolute atomic E-state index is 0.0590. The van der Waals surface area contributed by atoms with Crippen LogP contribution in [0.25, 0.3) is 10.2 Å². The highest BCUT2D eigenvalue weighted by molar-refractivity contribution is 7.16. The highest BCUT2D eigenvalue weighted by atomic mass is 32.1. The molecule has 0 bridgehead atoms. The fourth-order valence-electron chi connectivity index (χ4n) is 2.24. The van der Waals surface area contributed by atoms with Crippen LogP contribution in [0.2, 0.25) is 0 Å². The van der Waals surface area contributed by atoms with Gasteiger partial charge in [0, 0.05) is 18.1 Å². The molecule has 0 spiro atoms. The van der Waals surface area contributed by atoms with E-state index in [1.807, 2.05) is 16.7 Å². The summed E-state index contributed by atoms with van der Waals surface area (Å²) in [5, 5.41) is 0. The van der Waals surface area contributed by atoms with Crippen LogP contribution in [0.15, 0.2) is 17.1 Å². The molecular weight excluding hydrogens is 300 g/mol. The van der Waals surface area contributed by atoms with Crippen LogP contribution < -0.4 is 14.3 Å². The van der Waals surface area contributed by atoms with E-state index >= 15 is 0 Å². The molecule has 1 amide bonds. The Balaban J connectivity index is 2.21. The second-order valence-electron chi connectivity index (χ2n) is 5.07. The molecule has 1 heterocycles. The molecule has 1 aliphatic carbocycles. The Morgan fingerprint density at radius 1 is 1.41 bits per heavy atom. The van der Waals surface area contributed by atoms with Crippen LogP contribution in [0.1, 0.15) is 12.8 Å². The topological polar surface area (TPSA) is 52.8 Å². The lowest BCUT2D eigenvalue weighted by atomic mass is 10.3. The molecule has 22 heavy (non-hydrogen) atoms. The van der Waals surface area contributed by atoms with Crippen molar-refractivity contribution < 1.29 is 14.3 Å². The predicted octanol–water partition coefficient (Wildman–Crippen LogP) is 2.19. The quantitative estimate of drug-likeness (QED) is 0.813. The molecule has 1 fully saturated rings. The SMILES string of the molecule is C#CCn1c(=NC(=O)C2CC2)sc2cc(OC)c(OC)cc21. The highest BCUT2D eigenvalue weighted by Gasteiger charge is 2.29. The first-order chi connectivity index (χ1) is 10.7. The summed E-state index contributed by atoms with van der Waals surface area (Å²) in [7, 11) is 3.18. The lowest BCUT2D eigenvalue weighted by molar-refractivity contribution is -0.119. The Morgan fingerprint density at radius 2 is 2.09 bits per heavy atom. The van der Waals surface area contributed by atoms with Gasteiger partial charge in [-0.1, -0.05) is 17.3 Å². The maximum absolute atomic E-state index is 12.0. The maximum atomic E-state index is 12.0. The minimum Gasteiger partial charge on any atom is -0.493 e. The normalized spacial score (nSPS) is 14.9. The number of hydrogen-bond donors (Lipinski definition) is 0. The third-order valence-electron chi connectivity index (χ3n) is 3.57. The van der Waals surface area contributed by atoms with E-state index in [0.717, 1.165) is 23.1 Å². The molecule has 0 saturated heterocycles. The first-order valence-corrected chi connectivity index (χ1v) is 7.77. The molecule has 1 aromatic carbocycles. The Bertz CT molecular complexity index is 837. The van der Waals surface area contributed by atoms with Gasteiger partial charge in [-0.25, -0.2) is 0 Å². The summed E-state index contributed by atoms with van der Waals surface area (Å²) in [6.45, 7) is 0.353. The van der Waals surface area contributed by atoms with Gasteiger partial charge in [0.05, 0.1) is 31.0 Å². The van der Waals surface area contributed by atoms with Gasteiger partial charge >= 0.3 is 0 Å². The van der Waals surface area contributed by atoms with Crippen molar-refractivity contribution in [1.29, 1.82) is 0 Å². The molecular formula is C16H16N2O3S. The Labute approximate surface area is 132 Å². The first-order valence-electron chi connectivity index (χ1n) is 6.95. The van der Waals surface area contributed by atoms with Gasteiger partial charge in [0.1, 0.15) is 0 Å². The van der Waals surface area contributed by atoms with Crippen molar-refractivity contribution in [2.24, 2.45) is 10.9 Å². The third kappa shape index (κ3) is 2.60. The summed E-state index contributed by atoms with van der Waals surface area (Å²) in [6.07, 6.45) is 7.33. The average molecular weight is 316 g/mol. The van der Waals surface area contributed by atoms with E-state index in [1.54, 1.807) is 14.2 Å². The molecule has 5 nitrogen and oxygen atoms in total. The Morgan fingerprint density at radius 3 is 2.68 bits per heavy atom. The molecule has 2 aromatic rings. The van der Waals surface area contributed by atoms with E-state index < -0.39 is 0 Å². The molecule has 0 aliphatic heterocycles. The highest BCUT2D eigenvalue weighted by Crippen LogP contribution is 2.34. The zero-order valence-corrected chi connectivity index (χ0v) is 13.3. The summed E-state index contributed by atoms with van der Waals surface area (Å²) in [4.78, 5) is 16.9. The molecule has 0 atom stereocenters. The monoisotopic (exact) mass is 316 g/mol. The van der Waals surface area contributed by atoms with Gasteiger partial charge in [0.2, 0.25) is 0 Å². The van der Waals surface area contributed by atoms with Gasteiger partial charge in [0.25, 0.3) is 5.91 Å². The van der Waals surface area contributed by atoms with Crippen LogP contribution in [0.5, 0.6) is 11.5 Å². The fourth-order valence-corrected chi connectivity index (χ4v) is 3.29. The number of carbonyl (C=O) groups is 1. The summed E-state index contributed by atoms with van der Waals surface area (Å²) >= 11 is 1.43. The number of benzene rings is 1. The van der Waals surface area contributed by atoms with Gasteiger partial charge in [0.15, 0.2) is 16.3 Å². The number of carbonyl (C=O) groups excluding carboxylic acids is 1. The Hall–Kier alpha value is -2.26. The van der Waals surface area contributed by atoms with E-state index in [2.05, 4.69) is 10.9 Å². The fraction of sp³-hybridized carbons (Fsp3) is 0.375. The van der Waals surface area contributed by atoms with Crippen molar-refractivity contribution in [3.63, 3.8) is 0 Å². The van der Waals surface area contributed by atoms with Crippen LogP contribution in [0, 0.1) is 18.3 Å². The lowest BCUT2D eigenvalue weighted by Crippen LogP contribution is -2.16. The van der Waals surface area contributed by atoms with Crippen molar-refractivity contribution in [2.75, 3.05) is 14.2 Å². The van der Waals surface area contributed by atoms with Crippen molar-refractivity contribution in [3.05, 3.63) is 16.9 Å². The number of hydrogen-bond acceptors (Lipinski definition) is 4. The summed E-state index contributed by atoms with van der Waals surface area (Å²) in [6, 6.07) is 3.75. The lowest BCUT2D eigenvalue weighted by Gasteiger charge is -2.08. The van der Waals surface area contributed by atoms with Crippen molar-refractivity contribution >= 4 is 27.5 Å². The molecule has 0 unspecified atom stereocenters. The van der Waals surface area contributed by atoms with Crippen LogP contribution in [0.3, 0.4) is 0 Å². The number of amides is 1. The maximum Gasteiger partial charge on any atom is 0.251 e. The largest absolute Gasteiger partial charge is 0.493 e. The number of rotatable bonds is 4. The Kier molecular flexibility index (Phi) is 3.90. The number of methoxy groups -OCH3 is 2. The van der Waals surface area contributed by atoms with Gasteiger partial charge in [-0.05, 0) is 12.8 Å². The van der Waals surface area contributed by atoms with Crippen LogP contribution >= 0.6 is 11.3 Å². The number of fused-ring (bicyclic) bond motifs is 1. The van der Waals surface area contributed by atoms with Gasteiger partial charge in [-0.2, -0.15) is 4.99 Å². The zero-order chi connectivity index (χ0) is 15.7. The molecule has 3 rings (SSSR count). The number of ether oxygens (including phenoxy) is 2. The minimum atomic E-state index is -0.0590. The second kappa shape index (κ2) is 5.85. The first kappa shape index (κ1) is 14.7. The van der Waals surface area contributed by atoms with Crippen molar-refractivity contribution in [2.45, 2.75) is 19.4 Å². The second-order valence-corrected chi connectivity index (χ2v) is 6.08. The van der Waals surface area contributed by atoms with Crippen LogP contribution in [0.4, 0.5) is 0 Å². The van der Waals surface area contributed by atoms with E-state index in [4.69, 9.17) is 15.9 Å². The third-order valence-corrected chi connectivity index (χ3v) is 4.61. The molecule has 6 heteroatoms. The van der Waals surface area contributed by atoms with E-state index in [0.29, 0.717) is 22.8 Å². The van der Waals surface area contributed by atoms with E-state index in [1.165, 1.54) is 11.3 Å². The van der Waals surface area contributed by atoms with E-state index in [-0.39, 0.29) is 11.8 Å². The molecule has 1 aliphatic rings. The van der Waals surface area contributed by atoms with Gasteiger partial charge in [-0.3, -0.25) is 4.79 Å². The van der Waals surface area contributed by atoms with Crippen molar-refractivity contribution in [1.82, 2.24) is 4.57 Å². The summed E-state index contributed by atoms with van der Waals surface area (Å²) in [5.74, 6) is 3.91. The number of terminal acetylenes is 1. The molecule has 0 N–H and O–H groups in total. The number of aromatic nitrogens is 1. The standard InChI is InChI=1S/C16H16N2O3S/c1-4-7-18-11-8-12(20-2)13(21-3)9-14(11)22-16(18)17-15(19)10-5-6-10/h1,8-10H,5-7H2,2-3H3. The zero-order valence-electron chi connectivity index (χ0n) is 12.5. The summed E-state index contributed by atoms with van der Waals surface area (Å²) in [5.41, 5.74) is 0.892. The molecule has 0 radical (unpaired) electrons. The molecule has 114 valence electrons. The van der Waals surface area contributed by atoms with Crippen LogP contribution in [-0.2, 0) is 11.3 Å².